The summed E-state index contributed by atoms with van der Waals surface area (Å²) >= 11 is 0. The van der Waals surface area contributed by atoms with E-state index < -0.39 is 12.0 Å². The number of rotatable bonds is 9. The number of esters is 1. The Kier molecular flexibility index (Phi) is 9.20. The van der Waals surface area contributed by atoms with Gasteiger partial charge in [0.15, 0.2) is 5.96 Å². The third-order valence-electron chi connectivity index (χ3n) is 2.52. The molecule has 1 amide bonds. The topological polar surface area (TPSA) is 120 Å². The largest absolute Gasteiger partial charge is 0.467 e. The Morgan fingerprint density at radius 1 is 1.32 bits per heavy atom. The van der Waals surface area contributed by atoms with Gasteiger partial charge in [-0.15, -0.1) is 0 Å². The lowest BCUT2D eigenvalue weighted by molar-refractivity contribution is -0.145. The van der Waals surface area contributed by atoms with E-state index in [0.29, 0.717) is 25.8 Å². The number of unbranched alkanes of at least 4 members (excludes halogenated alkanes) is 1. The monoisotopic (exact) mass is 272 g/mol. The van der Waals surface area contributed by atoms with Gasteiger partial charge in [-0.1, -0.05) is 13.3 Å². The molecule has 5 N–H and O–H groups in total. The predicted octanol–water partition coefficient (Wildman–Crippen LogP) is -0.112. The van der Waals surface area contributed by atoms with E-state index in [1.165, 1.54) is 7.11 Å². The molecule has 0 aliphatic rings. The van der Waals surface area contributed by atoms with Crippen LogP contribution in [0.15, 0.2) is 4.99 Å². The molecule has 0 rings (SSSR count). The van der Waals surface area contributed by atoms with Crippen LogP contribution in [0.2, 0.25) is 0 Å². The summed E-state index contributed by atoms with van der Waals surface area (Å²) in [5.74, 6) is -0.574. The maximum absolute atomic E-state index is 11.6. The zero-order chi connectivity index (χ0) is 14.7. The number of nitrogens with one attached hydrogen (secondary N) is 1. The molecule has 0 bridgehead atoms. The van der Waals surface area contributed by atoms with Crippen LogP contribution in [0.5, 0.6) is 0 Å². The first kappa shape index (κ1) is 17.2. The fraction of sp³-hybridized carbons (Fsp3) is 0.750. The van der Waals surface area contributed by atoms with Crippen LogP contribution in [-0.4, -0.2) is 37.5 Å². The molecule has 0 heterocycles. The zero-order valence-electron chi connectivity index (χ0n) is 11.6. The molecule has 0 spiro atoms. The maximum atomic E-state index is 11.6. The first-order chi connectivity index (χ1) is 9.01. The molecule has 7 nitrogen and oxygen atoms in total. The summed E-state index contributed by atoms with van der Waals surface area (Å²) in [5, 5.41) is 2.67. The average Bonchev–Trinajstić information content (AvgIpc) is 2.38. The van der Waals surface area contributed by atoms with Gasteiger partial charge in [0.1, 0.15) is 6.04 Å². The van der Waals surface area contributed by atoms with E-state index in [4.69, 9.17) is 11.5 Å². The highest BCUT2D eigenvalue weighted by Crippen LogP contribution is 2.02. The van der Waals surface area contributed by atoms with Crippen molar-refractivity contribution in [3.8, 4) is 0 Å². The van der Waals surface area contributed by atoms with Crippen molar-refractivity contribution in [3.63, 3.8) is 0 Å². The minimum Gasteiger partial charge on any atom is -0.467 e. The van der Waals surface area contributed by atoms with Crippen molar-refractivity contribution in [1.29, 1.82) is 0 Å². The number of hydrogen-bond donors (Lipinski definition) is 3. The first-order valence-electron chi connectivity index (χ1n) is 6.43. The fourth-order valence-corrected chi connectivity index (χ4v) is 1.50. The number of methoxy groups -OCH3 is 1. The van der Waals surface area contributed by atoms with Gasteiger partial charge < -0.3 is 21.5 Å². The molecular weight excluding hydrogens is 248 g/mol. The minimum absolute atomic E-state index is 0.0154. The molecule has 110 valence electrons. The van der Waals surface area contributed by atoms with E-state index in [1.54, 1.807) is 0 Å². The van der Waals surface area contributed by atoms with Gasteiger partial charge in [-0.3, -0.25) is 9.79 Å². The Morgan fingerprint density at radius 3 is 2.53 bits per heavy atom. The van der Waals surface area contributed by atoms with Crippen LogP contribution in [0.25, 0.3) is 0 Å². The summed E-state index contributed by atoms with van der Waals surface area (Å²) in [6, 6.07) is -0.636. The van der Waals surface area contributed by atoms with E-state index in [2.05, 4.69) is 15.0 Å². The predicted molar refractivity (Wildman–Crippen MR) is 73.4 cm³/mol. The lowest BCUT2D eigenvalue weighted by Crippen LogP contribution is -2.41. The number of carbonyl (C=O) groups is 2. The van der Waals surface area contributed by atoms with E-state index >= 15 is 0 Å². The molecule has 0 radical (unpaired) electrons. The highest BCUT2D eigenvalue weighted by Gasteiger charge is 2.20. The summed E-state index contributed by atoms with van der Waals surface area (Å²) in [6.45, 7) is 2.42. The molecule has 1 unspecified atom stereocenters. The molecule has 0 aromatic rings. The molecule has 7 heteroatoms. The number of carbonyl (C=O) groups excluding carboxylic acids is 2. The second-order valence-electron chi connectivity index (χ2n) is 4.20. The summed E-state index contributed by atoms with van der Waals surface area (Å²) < 4.78 is 4.66. The van der Waals surface area contributed by atoms with Crippen LogP contribution in [0.4, 0.5) is 0 Å². The molecular formula is C12H24N4O3. The summed E-state index contributed by atoms with van der Waals surface area (Å²) in [4.78, 5) is 26.9. The molecule has 0 fully saturated rings. The fourth-order valence-electron chi connectivity index (χ4n) is 1.50. The quantitative estimate of drug-likeness (QED) is 0.234. The Balaban J connectivity index is 4.20. The number of guanidine groups is 1. The van der Waals surface area contributed by atoms with Crippen LogP contribution < -0.4 is 16.8 Å². The standard InChI is InChI=1S/C12H24N4O3/c1-3-4-7-10(17)16-9(11(18)19-2)6-5-8-15-12(13)14/h9H,3-8H2,1-2H3,(H,16,17)(H4,13,14,15). The van der Waals surface area contributed by atoms with Gasteiger partial charge in [-0.05, 0) is 19.3 Å². The number of nitrogens with two attached hydrogens (primary N) is 2. The minimum atomic E-state index is -0.636. The molecule has 0 aliphatic heterocycles. The van der Waals surface area contributed by atoms with Crippen molar-refractivity contribution in [3.05, 3.63) is 0 Å². The molecule has 1 atom stereocenters. The second-order valence-corrected chi connectivity index (χ2v) is 4.20. The maximum Gasteiger partial charge on any atom is 0.328 e. The van der Waals surface area contributed by atoms with Gasteiger partial charge in [0.2, 0.25) is 5.91 Å². The third-order valence-corrected chi connectivity index (χ3v) is 2.52. The highest BCUT2D eigenvalue weighted by molar-refractivity contribution is 5.84. The van der Waals surface area contributed by atoms with Crippen molar-refractivity contribution >= 4 is 17.8 Å². The van der Waals surface area contributed by atoms with Crippen LogP contribution in [0.3, 0.4) is 0 Å². The lowest BCUT2D eigenvalue weighted by Gasteiger charge is -2.15. The van der Waals surface area contributed by atoms with E-state index in [0.717, 1.165) is 12.8 Å². The van der Waals surface area contributed by atoms with Crippen molar-refractivity contribution in [2.45, 2.75) is 45.1 Å². The van der Waals surface area contributed by atoms with E-state index in [1.807, 2.05) is 6.92 Å². The second kappa shape index (κ2) is 10.2. The van der Waals surface area contributed by atoms with E-state index in [-0.39, 0.29) is 11.9 Å². The van der Waals surface area contributed by atoms with Crippen molar-refractivity contribution in [2.24, 2.45) is 16.5 Å². The van der Waals surface area contributed by atoms with Gasteiger partial charge >= 0.3 is 5.97 Å². The van der Waals surface area contributed by atoms with Crippen LogP contribution in [-0.2, 0) is 14.3 Å². The summed E-state index contributed by atoms with van der Waals surface area (Å²) in [6.07, 6.45) is 3.18. The average molecular weight is 272 g/mol. The number of aliphatic imine (C=N–C) groups is 1. The van der Waals surface area contributed by atoms with Crippen molar-refractivity contribution in [2.75, 3.05) is 13.7 Å². The first-order valence-corrected chi connectivity index (χ1v) is 6.43. The number of amides is 1. The van der Waals surface area contributed by atoms with Gasteiger partial charge in [0.25, 0.3) is 0 Å². The van der Waals surface area contributed by atoms with Gasteiger partial charge in [-0.25, -0.2) is 4.79 Å². The van der Waals surface area contributed by atoms with Gasteiger partial charge in [0, 0.05) is 13.0 Å². The Morgan fingerprint density at radius 2 is 2.00 bits per heavy atom. The van der Waals surface area contributed by atoms with Crippen LogP contribution in [0, 0.1) is 0 Å². The molecule has 0 aliphatic carbocycles. The van der Waals surface area contributed by atoms with Gasteiger partial charge in [-0.2, -0.15) is 0 Å². The SMILES string of the molecule is CCCCC(=O)NC(CCCN=C(N)N)C(=O)OC. The van der Waals surface area contributed by atoms with E-state index in [9.17, 15) is 9.59 Å². The van der Waals surface area contributed by atoms with Crippen LogP contribution >= 0.6 is 0 Å². The zero-order valence-corrected chi connectivity index (χ0v) is 11.6. The Labute approximate surface area is 113 Å². The summed E-state index contributed by atoms with van der Waals surface area (Å²) in [7, 11) is 1.30. The van der Waals surface area contributed by atoms with Crippen molar-refractivity contribution in [1.82, 2.24) is 5.32 Å². The lowest BCUT2D eigenvalue weighted by atomic mass is 10.1. The Hall–Kier alpha value is -1.79. The molecule has 0 saturated carbocycles. The van der Waals surface area contributed by atoms with Crippen molar-refractivity contribution < 1.29 is 14.3 Å². The number of ether oxygens (including phenoxy) is 1. The number of nitrogens with zero attached hydrogens (tertiary/aromatic N) is 1. The molecule has 19 heavy (non-hydrogen) atoms. The molecule has 0 aromatic heterocycles. The summed E-state index contributed by atoms with van der Waals surface area (Å²) in [5.41, 5.74) is 10.4. The highest BCUT2D eigenvalue weighted by atomic mass is 16.5. The third kappa shape index (κ3) is 8.87. The smallest absolute Gasteiger partial charge is 0.328 e. The Bertz CT molecular complexity index is 314. The van der Waals surface area contributed by atoms with Crippen LogP contribution in [0.1, 0.15) is 39.0 Å². The van der Waals surface area contributed by atoms with Gasteiger partial charge in [0.05, 0.1) is 7.11 Å². The molecule has 0 saturated heterocycles. The number of hydrogen-bond acceptors (Lipinski definition) is 4. The molecule has 0 aromatic carbocycles. The normalized spacial score (nSPS) is 11.5.